The summed E-state index contributed by atoms with van der Waals surface area (Å²) >= 11 is 2.16. The molecule has 0 aliphatic carbocycles. The van der Waals surface area contributed by atoms with Crippen LogP contribution in [0.15, 0.2) is 115 Å². The van der Waals surface area contributed by atoms with Gasteiger partial charge in [-0.05, 0) is 106 Å². The van der Waals surface area contributed by atoms with E-state index in [-0.39, 0.29) is 17.4 Å². The van der Waals surface area contributed by atoms with E-state index in [0.717, 1.165) is 51.1 Å². The van der Waals surface area contributed by atoms with E-state index < -0.39 is 17.8 Å². The number of carbonyl (C=O) groups excluding carboxylic acids is 3. The number of nitrogens with zero attached hydrogens (tertiary/aromatic N) is 2. The SMILES string of the molecule is COc1cc(/C=C2\C(=O)NC(=O)N(c3cc4c5c(c3)[C@H](c3ccccc3)CCN5CC[C@@H]4c3ccccc3)C2=O)cc(I)c1OCc1ccc(C)cc1. The van der Waals surface area contributed by atoms with E-state index in [1.54, 1.807) is 13.2 Å². The van der Waals surface area contributed by atoms with Crippen LogP contribution in [-0.2, 0) is 16.2 Å². The summed E-state index contributed by atoms with van der Waals surface area (Å²) in [6.07, 6.45) is 3.32. The van der Waals surface area contributed by atoms with Gasteiger partial charge in [-0.2, -0.15) is 0 Å². The third kappa shape index (κ3) is 6.70. The monoisotopic (exact) mass is 815 g/mol. The third-order valence-electron chi connectivity index (χ3n) is 10.4. The molecule has 1 fully saturated rings. The van der Waals surface area contributed by atoms with E-state index in [4.69, 9.17) is 9.47 Å². The molecule has 9 heteroatoms. The zero-order valence-corrected chi connectivity index (χ0v) is 31.6. The molecule has 5 aromatic rings. The van der Waals surface area contributed by atoms with Gasteiger partial charge in [0.15, 0.2) is 11.5 Å². The highest BCUT2D eigenvalue weighted by molar-refractivity contribution is 14.1. The summed E-state index contributed by atoms with van der Waals surface area (Å²) < 4.78 is 12.6. The largest absolute Gasteiger partial charge is 0.493 e. The van der Waals surface area contributed by atoms with Crippen LogP contribution in [0.25, 0.3) is 6.08 Å². The minimum atomic E-state index is -0.771. The second-order valence-electron chi connectivity index (χ2n) is 13.7. The van der Waals surface area contributed by atoms with Gasteiger partial charge in [0.1, 0.15) is 12.2 Å². The molecule has 3 heterocycles. The number of hydrogen-bond donors (Lipinski definition) is 1. The molecule has 2 atom stereocenters. The fraction of sp³-hybridized carbons (Fsp3) is 0.205. The number of nitrogens with one attached hydrogen (secondary N) is 1. The van der Waals surface area contributed by atoms with E-state index in [1.807, 2.05) is 85.8 Å². The molecular weight excluding hydrogens is 777 g/mol. The third-order valence-corrected chi connectivity index (χ3v) is 11.2. The summed E-state index contributed by atoms with van der Waals surface area (Å²) in [5.74, 6) is -0.252. The number of imide groups is 2. The molecule has 3 aliphatic heterocycles. The summed E-state index contributed by atoms with van der Waals surface area (Å²) in [6, 6.07) is 35.7. The fourth-order valence-corrected chi connectivity index (χ4v) is 8.61. The number of rotatable bonds is 8. The molecule has 266 valence electrons. The van der Waals surface area contributed by atoms with Gasteiger partial charge in [0.05, 0.1) is 16.4 Å². The first-order valence-electron chi connectivity index (χ1n) is 17.8. The quantitative estimate of drug-likeness (QED) is 0.0959. The van der Waals surface area contributed by atoms with Crippen LogP contribution in [-0.4, -0.2) is 38.0 Å². The summed E-state index contributed by atoms with van der Waals surface area (Å²) in [7, 11) is 1.55. The molecular formula is C44H38IN3O5. The minimum absolute atomic E-state index is 0.0801. The van der Waals surface area contributed by atoms with Crippen LogP contribution in [0.3, 0.4) is 0 Å². The van der Waals surface area contributed by atoms with Crippen molar-refractivity contribution < 1.29 is 23.9 Å². The summed E-state index contributed by atoms with van der Waals surface area (Å²) in [4.78, 5) is 45.0. The Bertz CT molecular complexity index is 2180. The lowest BCUT2D eigenvalue weighted by molar-refractivity contribution is -0.122. The number of halogens is 1. The number of anilines is 2. The highest BCUT2D eigenvalue weighted by Gasteiger charge is 2.40. The van der Waals surface area contributed by atoms with Gasteiger partial charge in [-0.15, -0.1) is 0 Å². The first-order valence-corrected chi connectivity index (χ1v) is 18.9. The van der Waals surface area contributed by atoms with Gasteiger partial charge in [0.25, 0.3) is 11.8 Å². The van der Waals surface area contributed by atoms with Crippen molar-refractivity contribution in [3.05, 3.63) is 157 Å². The normalized spacial score (nSPS) is 18.8. The van der Waals surface area contributed by atoms with Crippen LogP contribution in [0.1, 0.15) is 63.6 Å². The maximum absolute atomic E-state index is 14.4. The van der Waals surface area contributed by atoms with E-state index in [2.05, 4.69) is 57.1 Å². The molecule has 0 saturated carbocycles. The van der Waals surface area contributed by atoms with Crippen molar-refractivity contribution in [2.24, 2.45) is 0 Å². The van der Waals surface area contributed by atoms with Gasteiger partial charge in [-0.3, -0.25) is 14.9 Å². The average molecular weight is 816 g/mol. The maximum Gasteiger partial charge on any atom is 0.335 e. The molecule has 0 bridgehead atoms. The van der Waals surface area contributed by atoms with Gasteiger partial charge in [0, 0.05) is 30.6 Å². The number of carbonyl (C=O) groups is 3. The molecule has 5 aromatic carbocycles. The Labute approximate surface area is 322 Å². The van der Waals surface area contributed by atoms with Crippen LogP contribution in [0.5, 0.6) is 11.5 Å². The minimum Gasteiger partial charge on any atom is -0.493 e. The number of hydrogen-bond acceptors (Lipinski definition) is 6. The topological polar surface area (TPSA) is 88.2 Å². The van der Waals surface area contributed by atoms with Crippen LogP contribution >= 0.6 is 22.6 Å². The van der Waals surface area contributed by atoms with Crippen molar-refractivity contribution in [3.63, 3.8) is 0 Å². The van der Waals surface area contributed by atoms with Crippen molar-refractivity contribution in [1.82, 2.24) is 5.32 Å². The zero-order chi connectivity index (χ0) is 36.6. The standard InChI is InChI=1S/C44H38IN3O5/c1-27-13-15-28(16-14-27)26-53-41-38(45)22-29(23-39(41)52-2)21-37-42(49)46-44(51)48(43(37)50)32-24-35-33(30-9-5-3-6-10-30)17-19-47-20-18-34(36(25-32)40(35)47)31-11-7-4-8-12-31/h3-16,21-25,33-34H,17-20,26H2,1-2H3,(H,46,49,51)/b37-21+/t33-,34+. The molecule has 4 amide bonds. The molecule has 1 N–H and O–H groups in total. The lowest BCUT2D eigenvalue weighted by Crippen LogP contribution is -2.54. The Hall–Kier alpha value is -5.42. The van der Waals surface area contributed by atoms with Crippen LogP contribution < -0.4 is 24.6 Å². The first-order chi connectivity index (χ1) is 25.8. The zero-order valence-electron chi connectivity index (χ0n) is 29.5. The van der Waals surface area contributed by atoms with Crippen LogP contribution in [0, 0.1) is 10.5 Å². The van der Waals surface area contributed by atoms with E-state index >= 15 is 0 Å². The smallest absolute Gasteiger partial charge is 0.335 e. The lowest BCUT2D eigenvalue weighted by Gasteiger charge is -2.44. The van der Waals surface area contributed by atoms with E-state index in [1.165, 1.54) is 28.5 Å². The number of methoxy groups -OCH3 is 1. The van der Waals surface area contributed by atoms with Gasteiger partial charge in [-0.1, -0.05) is 90.5 Å². The van der Waals surface area contributed by atoms with E-state index in [9.17, 15) is 14.4 Å². The Morgan fingerprint density at radius 2 is 1.42 bits per heavy atom. The number of aryl methyl sites for hydroxylation is 1. The van der Waals surface area contributed by atoms with Crippen molar-refractivity contribution in [3.8, 4) is 11.5 Å². The molecule has 8 rings (SSSR count). The Morgan fingerprint density at radius 3 is 2.00 bits per heavy atom. The number of urea groups is 1. The Morgan fingerprint density at radius 1 is 0.811 bits per heavy atom. The summed E-state index contributed by atoms with van der Waals surface area (Å²) in [5.41, 5.74) is 8.76. The van der Waals surface area contributed by atoms with Gasteiger partial charge < -0.3 is 14.4 Å². The number of ether oxygens (including phenoxy) is 2. The second-order valence-corrected chi connectivity index (χ2v) is 14.9. The number of barbiturate groups is 1. The van der Waals surface area contributed by atoms with Gasteiger partial charge in [0.2, 0.25) is 0 Å². The predicted octanol–water partition coefficient (Wildman–Crippen LogP) is 8.73. The predicted molar refractivity (Wildman–Crippen MR) is 215 cm³/mol. The Kier molecular flexibility index (Phi) is 9.51. The molecule has 1 saturated heterocycles. The molecule has 0 radical (unpaired) electrons. The van der Waals surface area contributed by atoms with Crippen molar-refractivity contribution in [1.29, 1.82) is 0 Å². The molecule has 0 unspecified atom stereocenters. The van der Waals surface area contributed by atoms with Crippen LogP contribution in [0.2, 0.25) is 0 Å². The average Bonchev–Trinajstić information content (AvgIpc) is 3.17. The first kappa shape index (κ1) is 34.7. The van der Waals surface area contributed by atoms with Crippen molar-refractivity contribution >= 4 is 57.9 Å². The number of benzene rings is 5. The second kappa shape index (κ2) is 14.5. The van der Waals surface area contributed by atoms with Crippen LogP contribution in [0.4, 0.5) is 16.2 Å². The molecule has 0 spiro atoms. The Balaban J connectivity index is 1.18. The van der Waals surface area contributed by atoms with Gasteiger partial charge >= 0.3 is 6.03 Å². The summed E-state index contributed by atoms with van der Waals surface area (Å²) in [6.45, 7) is 4.23. The number of amides is 4. The van der Waals surface area contributed by atoms with E-state index in [0.29, 0.717) is 29.4 Å². The van der Waals surface area contributed by atoms with Gasteiger partial charge in [-0.25, -0.2) is 9.69 Å². The van der Waals surface area contributed by atoms with Crippen molar-refractivity contribution in [2.45, 2.75) is 38.2 Å². The maximum atomic E-state index is 14.4. The van der Waals surface area contributed by atoms with Crippen molar-refractivity contribution in [2.75, 3.05) is 30.0 Å². The highest BCUT2D eigenvalue weighted by atomic mass is 127. The molecule has 53 heavy (non-hydrogen) atoms. The molecule has 3 aliphatic rings. The molecule has 0 aromatic heterocycles. The lowest BCUT2D eigenvalue weighted by atomic mass is 9.76. The summed E-state index contributed by atoms with van der Waals surface area (Å²) in [5, 5.41) is 2.44. The fourth-order valence-electron chi connectivity index (χ4n) is 7.83. The molecule has 8 nitrogen and oxygen atoms in total. The highest BCUT2D eigenvalue weighted by Crippen LogP contribution is 2.50.